The fourth-order valence-corrected chi connectivity index (χ4v) is 6.58. The number of nitrogens with zero attached hydrogens (tertiary/aromatic N) is 4. The summed E-state index contributed by atoms with van der Waals surface area (Å²) in [6.45, 7) is 0. The first-order valence-corrected chi connectivity index (χ1v) is 16.7. The maximum Gasteiger partial charge on any atom is 0.164 e. The number of rotatable bonds is 6. The van der Waals surface area contributed by atoms with E-state index in [-0.39, 0.29) is 0 Å². The molecule has 4 heteroatoms. The molecule has 0 aliphatic rings. The molecule has 0 aliphatic carbocycles. The highest BCUT2D eigenvalue weighted by Crippen LogP contribution is 2.37. The average Bonchev–Trinajstić information content (AvgIpc) is 3.21. The summed E-state index contributed by atoms with van der Waals surface area (Å²) in [6, 6.07) is 62.9. The van der Waals surface area contributed by atoms with Crippen LogP contribution in [0.25, 0.3) is 89.4 Å². The number of aromatic nitrogens is 4. The van der Waals surface area contributed by atoms with E-state index in [4.69, 9.17) is 19.9 Å². The SMILES string of the molecule is c1ccc(-c2cc(-c3ccc(-c4ccc(-c5nc(-c6ccccc6)nc(-c6ccccc6)n5)cc4)cc3)c3c(ccc4ccccc43)n2)cc1. The Labute approximate surface area is 290 Å². The molecule has 0 spiro atoms. The fraction of sp³-hybridized carbons (Fsp3) is 0. The highest BCUT2D eigenvalue weighted by atomic mass is 15.0. The second-order valence-corrected chi connectivity index (χ2v) is 12.3. The van der Waals surface area contributed by atoms with Crippen molar-refractivity contribution < 1.29 is 0 Å². The Kier molecular flexibility index (Phi) is 7.45. The lowest BCUT2D eigenvalue weighted by atomic mass is 9.93. The molecular weight excluding hydrogens is 609 g/mol. The van der Waals surface area contributed by atoms with Gasteiger partial charge in [0.15, 0.2) is 17.5 Å². The molecule has 0 atom stereocenters. The Morgan fingerprint density at radius 3 is 1.30 bits per heavy atom. The molecule has 234 valence electrons. The molecule has 0 saturated carbocycles. The monoisotopic (exact) mass is 638 g/mol. The number of hydrogen-bond donors (Lipinski definition) is 0. The van der Waals surface area contributed by atoms with Gasteiger partial charge in [-0.3, -0.25) is 0 Å². The van der Waals surface area contributed by atoms with Gasteiger partial charge in [0, 0.05) is 27.6 Å². The van der Waals surface area contributed by atoms with E-state index in [9.17, 15) is 0 Å². The number of benzene rings is 7. The number of pyridine rings is 1. The minimum atomic E-state index is 0.644. The van der Waals surface area contributed by atoms with Crippen LogP contribution >= 0.6 is 0 Å². The van der Waals surface area contributed by atoms with E-state index in [0.717, 1.165) is 50.2 Å². The van der Waals surface area contributed by atoms with Crippen molar-refractivity contribution in [1.82, 2.24) is 19.9 Å². The molecule has 50 heavy (non-hydrogen) atoms. The van der Waals surface area contributed by atoms with E-state index in [1.807, 2.05) is 66.7 Å². The van der Waals surface area contributed by atoms with Crippen molar-refractivity contribution in [2.24, 2.45) is 0 Å². The van der Waals surface area contributed by atoms with Crippen LogP contribution in [0.15, 0.2) is 182 Å². The van der Waals surface area contributed by atoms with Crippen LogP contribution in [-0.2, 0) is 0 Å². The van der Waals surface area contributed by atoms with Gasteiger partial charge in [-0.2, -0.15) is 0 Å². The lowest BCUT2D eigenvalue weighted by Gasteiger charge is -2.14. The summed E-state index contributed by atoms with van der Waals surface area (Å²) < 4.78 is 0. The summed E-state index contributed by atoms with van der Waals surface area (Å²) in [7, 11) is 0. The highest BCUT2D eigenvalue weighted by molar-refractivity contribution is 6.13. The van der Waals surface area contributed by atoms with Gasteiger partial charge >= 0.3 is 0 Å². The van der Waals surface area contributed by atoms with Gasteiger partial charge < -0.3 is 0 Å². The fourth-order valence-electron chi connectivity index (χ4n) is 6.58. The second-order valence-electron chi connectivity index (χ2n) is 12.3. The Balaban J connectivity index is 1.09. The van der Waals surface area contributed by atoms with E-state index < -0.39 is 0 Å². The summed E-state index contributed by atoms with van der Waals surface area (Å²) in [5.41, 5.74) is 10.5. The van der Waals surface area contributed by atoms with Gasteiger partial charge in [0.25, 0.3) is 0 Å². The molecule has 0 bridgehead atoms. The van der Waals surface area contributed by atoms with Crippen molar-refractivity contribution in [2.75, 3.05) is 0 Å². The van der Waals surface area contributed by atoms with Gasteiger partial charge in [-0.25, -0.2) is 19.9 Å². The largest absolute Gasteiger partial charge is 0.248 e. The average molecular weight is 639 g/mol. The third-order valence-electron chi connectivity index (χ3n) is 9.14. The Bertz CT molecular complexity index is 2540. The molecule has 9 aromatic rings. The van der Waals surface area contributed by atoms with Crippen LogP contribution in [-0.4, -0.2) is 19.9 Å². The van der Waals surface area contributed by atoms with Gasteiger partial charge in [-0.1, -0.05) is 170 Å². The molecule has 0 aliphatic heterocycles. The van der Waals surface area contributed by atoms with Gasteiger partial charge in [-0.15, -0.1) is 0 Å². The third-order valence-corrected chi connectivity index (χ3v) is 9.14. The van der Waals surface area contributed by atoms with Crippen LogP contribution in [0.4, 0.5) is 0 Å². The number of fused-ring (bicyclic) bond motifs is 3. The van der Waals surface area contributed by atoms with Crippen LogP contribution in [0.5, 0.6) is 0 Å². The van der Waals surface area contributed by atoms with Crippen molar-refractivity contribution in [1.29, 1.82) is 0 Å². The zero-order valence-corrected chi connectivity index (χ0v) is 27.1. The zero-order chi connectivity index (χ0) is 33.3. The van der Waals surface area contributed by atoms with E-state index in [2.05, 4.69) is 115 Å². The van der Waals surface area contributed by atoms with Gasteiger partial charge in [0.2, 0.25) is 0 Å². The maximum absolute atomic E-state index is 5.11. The molecule has 0 unspecified atom stereocenters. The second kappa shape index (κ2) is 12.7. The summed E-state index contributed by atoms with van der Waals surface area (Å²) in [4.78, 5) is 19.7. The lowest BCUT2D eigenvalue weighted by molar-refractivity contribution is 1.07. The summed E-state index contributed by atoms with van der Waals surface area (Å²) in [6.07, 6.45) is 0. The lowest BCUT2D eigenvalue weighted by Crippen LogP contribution is -2.00. The smallest absolute Gasteiger partial charge is 0.164 e. The normalized spacial score (nSPS) is 11.2. The van der Waals surface area contributed by atoms with E-state index >= 15 is 0 Å². The Morgan fingerprint density at radius 2 is 0.740 bits per heavy atom. The molecule has 0 radical (unpaired) electrons. The molecule has 2 heterocycles. The molecule has 0 amide bonds. The third kappa shape index (κ3) is 5.59. The summed E-state index contributed by atoms with van der Waals surface area (Å²) >= 11 is 0. The minimum Gasteiger partial charge on any atom is -0.248 e. The van der Waals surface area contributed by atoms with Crippen molar-refractivity contribution in [3.63, 3.8) is 0 Å². The van der Waals surface area contributed by atoms with Crippen molar-refractivity contribution in [3.8, 4) is 67.7 Å². The Morgan fingerprint density at radius 1 is 0.300 bits per heavy atom. The van der Waals surface area contributed by atoms with Crippen molar-refractivity contribution >= 4 is 21.7 Å². The first kappa shape index (κ1) is 29.4. The van der Waals surface area contributed by atoms with Crippen molar-refractivity contribution in [2.45, 2.75) is 0 Å². The first-order chi connectivity index (χ1) is 24.8. The molecule has 7 aromatic carbocycles. The highest BCUT2D eigenvalue weighted by Gasteiger charge is 2.15. The molecule has 2 aromatic heterocycles. The van der Waals surface area contributed by atoms with Crippen LogP contribution in [0.3, 0.4) is 0 Å². The van der Waals surface area contributed by atoms with Gasteiger partial charge in [-0.05, 0) is 45.2 Å². The molecule has 0 saturated heterocycles. The quantitative estimate of drug-likeness (QED) is 0.170. The summed E-state index contributed by atoms with van der Waals surface area (Å²) in [5, 5.41) is 3.58. The molecule has 0 N–H and O–H groups in total. The Hall–Kier alpha value is -6.78. The zero-order valence-electron chi connectivity index (χ0n) is 27.1. The number of hydrogen-bond acceptors (Lipinski definition) is 4. The molecular formula is C46H30N4. The van der Waals surface area contributed by atoms with Crippen LogP contribution in [0, 0.1) is 0 Å². The maximum atomic E-state index is 5.11. The van der Waals surface area contributed by atoms with E-state index in [1.165, 1.54) is 21.7 Å². The molecule has 0 fully saturated rings. The molecule has 9 rings (SSSR count). The standard InChI is InChI=1S/C46H30N4/c1-4-13-35(14-5-1)42-30-40(43-39-19-11-10-12-33(39)28-29-41(43)47-42)34-24-20-31(21-25-34)32-22-26-38(27-23-32)46-49-44(36-15-6-2-7-16-36)48-45(50-46)37-17-8-3-9-18-37/h1-30H. The predicted molar refractivity (Wildman–Crippen MR) is 205 cm³/mol. The molecule has 4 nitrogen and oxygen atoms in total. The van der Waals surface area contributed by atoms with Gasteiger partial charge in [0.05, 0.1) is 11.2 Å². The van der Waals surface area contributed by atoms with Crippen LogP contribution in [0.1, 0.15) is 0 Å². The van der Waals surface area contributed by atoms with Crippen LogP contribution < -0.4 is 0 Å². The predicted octanol–water partition coefficient (Wildman–Crippen LogP) is 11.6. The van der Waals surface area contributed by atoms with Gasteiger partial charge in [0.1, 0.15) is 0 Å². The minimum absolute atomic E-state index is 0.644. The van der Waals surface area contributed by atoms with Crippen molar-refractivity contribution in [3.05, 3.63) is 182 Å². The first-order valence-electron chi connectivity index (χ1n) is 16.7. The summed E-state index contributed by atoms with van der Waals surface area (Å²) in [5.74, 6) is 1.95. The van der Waals surface area contributed by atoms with E-state index in [1.54, 1.807) is 0 Å². The van der Waals surface area contributed by atoms with Crippen LogP contribution in [0.2, 0.25) is 0 Å². The topological polar surface area (TPSA) is 51.6 Å². The van der Waals surface area contributed by atoms with E-state index in [0.29, 0.717) is 17.5 Å².